The molecule has 10 heteroatoms. The van der Waals surface area contributed by atoms with E-state index in [0.717, 1.165) is 69.0 Å². The third-order valence-electron chi connectivity index (χ3n) is 7.39. The number of rotatable bonds is 6. The van der Waals surface area contributed by atoms with Crippen LogP contribution in [0.15, 0.2) is 48.8 Å². The molecule has 1 fully saturated rings. The predicted octanol–water partition coefficient (Wildman–Crippen LogP) is 5.27. The van der Waals surface area contributed by atoms with Gasteiger partial charge in [0.25, 0.3) is 0 Å². The lowest BCUT2D eigenvalue weighted by molar-refractivity contribution is -0.137. The Morgan fingerprint density at radius 1 is 1.13 bits per heavy atom. The Bertz CT molecular complexity index is 1310. The number of halogens is 3. The largest absolute Gasteiger partial charge is 0.416 e. The van der Waals surface area contributed by atoms with E-state index in [1.165, 1.54) is 22.5 Å². The van der Waals surface area contributed by atoms with Gasteiger partial charge in [0.05, 0.1) is 48.2 Å². The number of nitrogens with one attached hydrogen (secondary N) is 1. The number of nitrogens with zero attached hydrogens (tertiary/aromatic N) is 4. The molecule has 0 amide bonds. The summed E-state index contributed by atoms with van der Waals surface area (Å²) in [7, 11) is 0. The average molecular weight is 528 g/mol. The summed E-state index contributed by atoms with van der Waals surface area (Å²) >= 11 is 0. The normalized spacial score (nSPS) is 19.7. The summed E-state index contributed by atoms with van der Waals surface area (Å²) in [6.07, 6.45) is 2.98. The number of aromatic nitrogens is 3. The van der Waals surface area contributed by atoms with Crippen LogP contribution in [0.3, 0.4) is 0 Å². The Kier molecular flexibility index (Phi) is 7.56. The molecule has 1 aliphatic heterocycles. The van der Waals surface area contributed by atoms with E-state index in [1.54, 1.807) is 19.2 Å². The number of hydrogen-bond donors (Lipinski definition) is 2. The number of aliphatic hydroxyl groups is 1. The van der Waals surface area contributed by atoms with E-state index < -0.39 is 18.0 Å². The van der Waals surface area contributed by atoms with Crippen molar-refractivity contribution in [3.8, 4) is 5.69 Å². The molecule has 2 aromatic heterocycles. The van der Waals surface area contributed by atoms with Crippen LogP contribution in [0.25, 0.3) is 11.3 Å². The number of ether oxygens (including phenoxy) is 1. The van der Waals surface area contributed by atoms with E-state index >= 15 is 0 Å². The highest BCUT2D eigenvalue weighted by Crippen LogP contribution is 2.33. The summed E-state index contributed by atoms with van der Waals surface area (Å²) < 4.78 is 46.3. The molecule has 1 aliphatic carbocycles. The molecule has 2 N–H and O–H groups in total. The molecular weight excluding hydrogens is 495 g/mol. The Morgan fingerprint density at radius 3 is 2.61 bits per heavy atom. The molecule has 3 aromatic rings. The molecule has 0 bridgehead atoms. The second-order valence-electron chi connectivity index (χ2n) is 9.89. The Hall–Kier alpha value is -3.21. The van der Waals surface area contributed by atoms with Crippen LogP contribution in [-0.2, 0) is 10.9 Å². The first-order chi connectivity index (χ1) is 18.2. The van der Waals surface area contributed by atoms with Gasteiger partial charge in [-0.3, -0.25) is 9.88 Å². The molecular formula is C28H32F3N5O2. The van der Waals surface area contributed by atoms with E-state index in [0.29, 0.717) is 23.0 Å². The fourth-order valence-electron chi connectivity index (χ4n) is 5.30. The fraction of sp³-hybridized carbons (Fsp3) is 0.429. The first-order valence-corrected chi connectivity index (χ1v) is 12.9. The molecule has 1 aromatic carbocycles. The third-order valence-corrected chi connectivity index (χ3v) is 7.39. The van der Waals surface area contributed by atoms with Gasteiger partial charge in [0, 0.05) is 30.4 Å². The van der Waals surface area contributed by atoms with Crippen molar-refractivity contribution in [1.29, 1.82) is 0 Å². The third kappa shape index (κ3) is 5.62. The van der Waals surface area contributed by atoms with Gasteiger partial charge in [-0.2, -0.15) is 18.3 Å². The highest BCUT2D eigenvalue weighted by molar-refractivity contribution is 5.67. The van der Waals surface area contributed by atoms with Gasteiger partial charge in [-0.25, -0.2) is 4.68 Å². The smallest absolute Gasteiger partial charge is 0.379 e. The fourth-order valence-corrected chi connectivity index (χ4v) is 5.30. The number of hydrogen-bond acceptors (Lipinski definition) is 6. The van der Waals surface area contributed by atoms with Crippen LogP contribution in [0.4, 0.5) is 18.9 Å². The Balaban J connectivity index is 1.27. The molecule has 0 radical (unpaired) electrons. The number of benzene rings is 1. The standard InChI is InChI=1S/C28H32F3N5O2/c1-18-14-22(16-32-26(18)20-6-8-23(9-7-20)35-10-12-38-13-11-35)34-27(37)25-17-33-36(19(25)2)24-5-3-4-21(15-24)28(29,30)31/h3-6,14-17,23,27,34,37H,7-13H2,1-2H3. The highest BCUT2D eigenvalue weighted by Gasteiger charge is 2.31. The van der Waals surface area contributed by atoms with Crippen molar-refractivity contribution in [2.45, 2.75) is 51.6 Å². The van der Waals surface area contributed by atoms with Gasteiger partial charge in [0.1, 0.15) is 0 Å². The van der Waals surface area contributed by atoms with Crippen molar-refractivity contribution < 1.29 is 23.0 Å². The molecule has 202 valence electrons. The zero-order valence-corrected chi connectivity index (χ0v) is 21.5. The van der Waals surface area contributed by atoms with Crippen LogP contribution < -0.4 is 5.32 Å². The van der Waals surface area contributed by atoms with Gasteiger partial charge < -0.3 is 15.2 Å². The first kappa shape index (κ1) is 26.4. The summed E-state index contributed by atoms with van der Waals surface area (Å²) in [5, 5.41) is 18.1. The van der Waals surface area contributed by atoms with Crippen LogP contribution in [-0.4, -0.2) is 57.1 Å². The van der Waals surface area contributed by atoms with Crippen LogP contribution in [0, 0.1) is 13.8 Å². The number of allylic oxidation sites excluding steroid dienone is 1. The van der Waals surface area contributed by atoms with Gasteiger partial charge in [-0.15, -0.1) is 0 Å². The second-order valence-corrected chi connectivity index (χ2v) is 9.89. The maximum absolute atomic E-state index is 13.1. The van der Waals surface area contributed by atoms with Crippen molar-refractivity contribution in [1.82, 2.24) is 19.7 Å². The van der Waals surface area contributed by atoms with Crippen LogP contribution in [0.5, 0.6) is 0 Å². The molecule has 5 rings (SSSR count). The molecule has 7 nitrogen and oxygen atoms in total. The van der Waals surface area contributed by atoms with Gasteiger partial charge in [0.15, 0.2) is 6.23 Å². The molecule has 3 heterocycles. The lowest BCUT2D eigenvalue weighted by Crippen LogP contribution is -2.43. The first-order valence-electron chi connectivity index (χ1n) is 12.9. The summed E-state index contributed by atoms with van der Waals surface area (Å²) in [4.78, 5) is 7.21. The zero-order chi connectivity index (χ0) is 26.9. The number of aryl methyl sites for hydroxylation is 1. The van der Waals surface area contributed by atoms with Crippen molar-refractivity contribution in [2.24, 2.45) is 0 Å². The van der Waals surface area contributed by atoms with Crippen molar-refractivity contribution in [2.75, 3.05) is 31.6 Å². The van der Waals surface area contributed by atoms with Gasteiger partial charge in [0.2, 0.25) is 0 Å². The molecule has 1 saturated heterocycles. The number of pyridine rings is 1. The number of morpholine rings is 1. The molecule has 38 heavy (non-hydrogen) atoms. The topological polar surface area (TPSA) is 75.4 Å². The quantitative estimate of drug-likeness (QED) is 0.425. The zero-order valence-electron chi connectivity index (χ0n) is 21.5. The molecule has 0 spiro atoms. The second kappa shape index (κ2) is 10.9. The summed E-state index contributed by atoms with van der Waals surface area (Å²) in [6.45, 7) is 7.31. The maximum Gasteiger partial charge on any atom is 0.416 e. The van der Waals surface area contributed by atoms with E-state index in [1.807, 2.05) is 13.0 Å². The minimum atomic E-state index is -4.45. The Labute approximate surface area is 219 Å². The lowest BCUT2D eigenvalue weighted by Gasteiger charge is -2.36. The SMILES string of the molecule is Cc1cc(NC(O)c2cnn(-c3cccc(C(F)(F)F)c3)c2C)cnc1C1=CCC(N2CCOCC2)CC1. The minimum absolute atomic E-state index is 0.272. The summed E-state index contributed by atoms with van der Waals surface area (Å²) in [5.74, 6) is 0. The van der Waals surface area contributed by atoms with E-state index in [4.69, 9.17) is 9.72 Å². The minimum Gasteiger partial charge on any atom is -0.379 e. The van der Waals surface area contributed by atoms with E-state index in [9.17, 15) is 18.3 Å². The van der Waals surface area contributed by atoms with Crippen molar-refractivity contribution in [3.05, 3.63) is 76.9 Å². The Morgan fingerprint density at radius 2 is 1.92 bits per heavy atom. The van der Waals surface area contributed by atoms with Gasteiger partial charge in [-0.1, -0.05) is 12.1 Å². The highest BCUT2D eigenvalue weighted by atomic mass is 19.4. The van der Waals surface area contributed by atoms with Gasteiger partial charge >= 0.3 is 6.18 Å². The maximum atomic E-state index is 13.1. The van der Waals surface area contributed by atoms with Gasteiger partial charge in [-0.05, 0) is 68.5 Å². The summed E-state index contributed by atoms with van der Waals surface area (Å²) in [5.41, 5.74) is 4.39. The number of aliphatic hydroxyl groups excluding tert-OH is 1. The molecule has 2 unspecified atom stereocenters. The predicted molar refractivity (Wildman–Crippen MR) is 139 cm³/mol. The van der Waals surface area contributed by atoms with Crippen LogP contribution in [0.2, 0.25) is 0 Å². The molecule has 2 atom stereocenters. The van der Waals surface area contributed by atoms with Crippen LogP contribution in [0.1, 0.15) is 53.6 Å². The molecule has 0 saturated carbocycles. The van der Waals surface area contributed by atoms with Crippen molar-refractivity contribution in [3.63, 3.8) is 0 Å². The van der Waals surface area contributed by atoms with E-state index in [-0.39, 0.29) is 5.69 Å². The lowest BCUT2D eigenvalue weighted by atomic mass is 9.90. The monoisotopic (exact) mass is 527 g/mol. The van der Waals surface area contributed by atoms with Crippen molar-refractivity contribution >= 4 is 11.3 Å². The summed E-state index contributed by atoms with van der Waals surface area (Å²) in [6, 6.07) is 7.46. The number of anilines is 1. The number of alkyl halides is 3. The molecule has 2 aliphatic rings. The van der Waals surface area contributed by atoms with E-state index in [2.05, 4.69) is 21.4 Å². The van der Waals surface area contributed by atoms with Crippen LogP contribution >= 0.6 is 0 Å². The average Bonchev–Trinajstić information content (AvgIpc) is 3.30.